The number of methoxy groups -OCH3 is 1. The summed E-state index contributed by atoms with van der Waals surface area (Å²) in [5, 5.41) is 5.88. The Morgan fingerprint density at radius 2 is 1.85 bits per heavy atom. The molecule has 1 N–H and O–H groups in total. The first kappa shape index (κ1) is 17.5. The van der Waals surface area contributed by atoms with Crippen LogP contribution in [-0.4, -0.2) is 23.2 Å². The van der Waals surface area contributed by atoms with Crippen LogP contribution in [-0.2, 0) is 11.2 Å². The van der Waals surface area contributed by atoms with Crippen LogP contribution in [0.4, 0.5) is 18.9 Å². The molecule has 1 amide bonds. The Morgan fingerprint density at radius 3 is 2.54 bits per heavy atom. The molecule has 0 aliphatic rings. The van der Waals surface area contributed by atoms with E-state index in [0.29, 0.717) is 17.4 Å². The molecule has 0 bridgehead atoms. The standard InChI is InChI=1S/C17H12F3N3O3/c1-25-10-4-2-9(3-5-10)17-22-14(26-23-17)8-13(24)21-12-7-6-11(18)15(19)16(12)20/h2-7H,8H2,1H3,(H,21,24). The summed E-state index contributed by atoms with van der Waals surface area (Å²) in [6, 6.07) is 8.48. The number of ether oxygens (including phenoxy) is 1. The number of amides is 1. The van der Waals surface area contributed by atoms with Gasteiger partial charge in [0, 0.05) is 5.56 Å². The van der Waals surface area contributed by atoms with E-state index in [-0.39, 0.29) is 18.1 Å². The van der Waals surface area contributed by atoms with Crippen LogP contribution >= 0.6 is 0 Å². The lowest BCUT2D eigenvalue weighted by Crippen LogP contribution is -2.16. The van der Waals surface area contributed by atoms with Crippen molar-refractivity contribution in [1.82, 2.24) is 10.1 Å². The van der Waals surface area contributed by atoms with Gasteiger partial charge in [0.1, 0.15) is 12.2 Å². The normalized spacial score (nSPS) is 10.6. The second-order valence-corrected chi connectivity index (χ2v) is 5.19. The van der Waals surface area contributed by atoms with Crippen molar-refractivity contribution in [3.63, 3.8) is 0 Å². The highest BCUT2D eigenvalue weighted by molar-refractivity contribution is 5.91. The summed E-state index contributed by atoms with van der Waals surface area (Å²) in [5.41, 5.74) is 0.164. The molecule has 2 aromatic carbocycles. The van der Waals surface area contributed by atoms with Crippen molar-refractivity contribution in [2.45, 2.75) is 6.42 Å². The molecule has 0 spiro atoms. The smallest absolute Gasteiger partial charge is 0.236 e. The molecule has 0 saturated heterocycles. The molecule has 1 aromatic heterocycles. The van der Waals surface area contributed by atoms with Crippen LogP contribution in [0.15, 0.2) is 40.9 Å². The van der Waals surface area contributed by atoms with Gasteiger partial charge in [0.2, 0.25) is 17.6 Å². The van der Waals surface area contributed by atoms with Crippen molar-refractivity contribution < 1.29 is 27.2 Å². The predicted octanol–water partition coefficient (Wildman–Crippen LogP) is 3.34. The van der Waals surface area contributed by atoms with Crippen molar-refractivity contribution in [2.24, 2.45) is 0 Å². The first-order chi connectivity index (χ1) is 12.5. The van der Waals surface area contributed by atoms with Gasteiger partial charge in [0.05, 0.1) is 12.8 Å². The van der Waals surface area contributed by atoms with Gasteiger partial charge in [-0.3, -0.25) is 4.79 Å². The quantitative estimate of drug-likeness (QED) is 0.704. The fraction of sp³-hybridized carbons (Fsp3) is 0.118. The highest BCUT2D eigenvalue weighted by Gasteiger charge is 2.17. The van der Waals surface area contributed by atoms with Gasteiger partial charge in [-0.15, -0.1) is 0 Å². The van der Waals surface area contributed by atoms with E-state index >= 15 is 0 Å². The number of hydrogen-bond acceptors (Lipinski definition) is 5. The lowest BCUT2D eigenvalue weighted by molar-refractivity contribution is -0.115. The number of halogens is 3. The van der Waals surface area contributed by atoms with Gasteiger partial charge in [-0.1, -0.05) is 5.16 Å². The molecule has 0 fully saturated rings. The zero-order valence-corrected chi connectivity index (χ0v) is 13.4. The van der Waals surface area contributed by atoms with Crippen LogP contribution in [0, 0.1) is 17.5 Å². The first-order valence-corrected chi connectivity index (χ1v) is 7.38. The maximum atomic E-state index is 13.6. The number of carbonyl (C=O) groups excluding carboxylic acids is 1. The third kappa shape index (κ3) is 3.66. The Bertz CT molecular complexity index is 942. The summed E-state index contributed by atoms with van der Waals surface area (Å²) >= 11 is 0. The summed E-state index contributed by atoms with van der Waals surface area (Å²) in [4.78, 5) is 16.0. The van der Waals surface area contributed by atoms with Gasteiger partial charge in [-0.25, -0.2) is 13.2 Å². The lowest BCUT2D eigenvalue weighted by Gasteiger charge is -2.05. The Kier molecular flexibility index (Phi) is 4.87. The minimum absolute atomic E-state index is 0.0173. The van der Waals surface area contributed by atoms with Gasteiger partial charge in [-0.2, -0.15) is 4.98 Å². The summed E-state index contributed by atoms with van der Waals surface area (Å²) in [5.74, 6) is -4.32. The van der Waals surface area contributed by atoms with Crippen molar-refractivity contribution in [1.29, 1.82) is 0 Å². The lowest BCUT2D eigenvalue weighted by atomic mass is 10.2. The van der Waals surface area contributed by atoms with Crippen molar-refractivity contribution in [2.75, 3.05) is 12.4 Å². The van der Waals surface area contributed by atoms with Gasteiger partial charge >= 0.3 is 0 Å². The second kappa shape index (κ2) is 7.26. The molecule has 0 saturated carbocycles. The number of rotatable bonds is 5. The Balaban J connectivity index is 1.69. The molecule has 3 rings (SSSR count). The number of anilines is 1. The van der Waals surface area contributed by atoms with E-state index in [1.54, 1.807) is 24.3 Å². The van der Waals surface area contributed by atoms with Crippen LogP contribution < -0.4 is 10.1 Å². The second-order valence-electron chi connectivity index (χ2n) is 5.19. The molecule has 6 nitrogen and oxygen atoms in total. The van der Waals surface area contributed by atoms with E-state index in [0.717, 1.165) is 6.07 Å². The topological polar surface area (TPSA) is 77.2 Å². The fourth-order valence-electron chi connectivity index (χ4n) is 2.14. The van der Waals surface area contributed by atoms with E-state index in [2.05, 4.69) is 15.5 Å². The number of nitrogens with zero attached hydrogens (tertiary/aromatic N) is 2. The number of hydrogen-bond donors (Lipinski definition) is 1. The van der Waals surface area contributed by atoms with Gasteiger partial charge in [0.25, 0.3) is 0 Å². The molecule has 26 heavy (non-hydrogen) atoms. The van der Waals surface area contributed by atoms with Crippen molar-refractivity contribution in [3.05, 3.63) is 59.7 Å². The summed E-state index contributed by atoms with van der Waals surface area (Å²) in [6.07, 6.45) is -0.360. The predicted molar refractivity (Wildman–Crippen MR) is 84.9 cm³/mol. The van der Waals surface area contributed by atoms with E-state index in [1.165, 1.54) is 7.11 Å². The number of carbonyl (C=O) groups is 1. The minimum atomic E-state index is -1.66. The summed E-state index contributed by atoms with van der Waals surface area (Å²) in [6.45, 7) is 0. The van der Waals surface area contributed by atoms with Crippen LogP contribution in [0.3, 0.4) is 0 Å². The van der Waals surface area contributed by atoms with E-state index in [9.17, 15) is 18.0 Å². The third-order valence-electron chi connectivity index (χ3n) is 3.44. The molecule has 0 unspecified atom stereocenters. The maximum Gasteiger partial charge on any atom is 0.236 e. The highest BCUT2D eigenvalue weighted by Crippen LogP contribution is 2.21. The molecule has 0 aliphatic carbocycles. The Labute approximate surface area is 145 Å². The average molecular weight is 363 g/mol. The van der Waals surface area contributed by atoms with Crippen LogP contribution in [0.25, 0.3) is 11.4 Å². The monoisotopic (exact) mass is 363 g/mol. The molecule has 0 aliphatic heterocycles. The number of benzene rings is 2. The number of nitrogens with one attached hydrogen (secondary N) is 1. The van der Waals surface area contributed by atoms with E-state index < -0.39 is 29.0 Å². The van der Waals surface area contributed by atoms with Crippen LogP contribution in [0.1, 0.15) is 5.89 Å². The van der Waals surface area contributed by atoms with Crippen molar-refractivity contribution >= 4 is 11.6 Å². The van der Waals surface area contributed by atoms with Crippen LogP contribution in [0.2, 0.25) is 0 Å². The molecular formula is C17H12F3N3O3. The van der Waals surface area contributed by atoms with E-state index in [1.807, 2.05) is 0 Å². The fourth-order valence-corrected chi connectivity index (χ4v) is 2.14. The SMILES string of the molecule is COc1ccc(-c2noc(CC(=O)Nc3ccc(F)c(F)c3F)n2)cc1. The molecule has 0 radical (unpaired) electrons. The average Bonchev–Trinajstić information content (AvgIpc) is 3.10. The van der Waals surface area contributed by atoms with Crippen molar-refractivity contribution in [3.8, 4) is 17.1 Å². The van der Waals surface area contributed by atoms with Gasteiger partial charge in [0.15, 0.2) is 17.5 Å². The largest absolute Gasteiger partial charge is 0.497 e. The van der Waals surface area contributed by atoms with Gasteiger partial charge in [-0.05, 0) is 36.4 Å². The maximum absolute atomic E-state index is 13.6. The number of aromatic nitrogens is 2. The molecule has 3 aromatic rings. The molecule has 1 heterocycles. The zero-order chi connectivity index (χ0) is 18.7. The summed E-state index contributed by atoms with van der Waals surface area (Å²) < 4.78 is 49.6. The summed E-state index contributed by atoms with van der Waals surface area (Å²) in [7, 11) is 1.54. The Hall–Kier alpha value is -3.36. The Morgan fingerprint density at radius 1 is 1.12 bits per heavy atom. The van der Waals surface area contributed by atoms with E-state index in [4.69, 9.17) is 9.26 Å². The highest BCUT2D eigenvalue weighted by atomic mass is 19.2. The third-order valence-corrected chi connectivity index (χ3v) is 3.44. The zero-order valence-electron chi connectivity index (χ0n) is 13.4. The minimum Gasteiger partial charge on any atom is -0.497 e. The molecule has 134 valence electrons. The van der Waals surface area contributed by atoms with Crippen LogP contribution in [0.5, 0.6) is 5.75 Å². The van der Waals surface area contributed by atoms with Gasteiger partial charge < -0.3 is 14.6 Å². The first-order valence-electron chi connectivity index (χ1n) is 7.38. The molecular weight excluding hydrogens is 351 g/mol. The molecule has 9 heteroatoms. The molecule has 0 atom stereocenters.